The quantitative estimate of drug-likeness (QED) is 0.882. The van der Waals surface area contributed by atoms with E-state index in [1.165, 1.54) is 12.8 Å². The first kappa shape index (κ1) is 15.4. The van der Waals surface area contributed by atoms with E-state index >= 15 is 0 Å². The zero-order valence-electron chi connectivity index (χ0n) is 12.3. The zero-order chi connectivity index (χ0) is 15.4. The van der Waals surface area contributed by atoms with Crippen molar-refractivity contribution in [3.8, 4) is 0 Å². The number of nitrogens with zero attached hydrogens (tertiary/aromatic N) is 4. The highest BCUT2D eigenvalue weighted by atomic mass is 35.5. The summed E-state index contributed by atoms with van der Waals surface area (Å²) < 4.78 is 1.89. The van der Waals surface area contributed by atoms with Gasteiger partial charge in [-0.05, 0) is 25.0 Å². The standard InChI is InChI=1S/C15H20ClN5O/c16-11-5-6-12(17-7-11)8-18-14-3-1-2-4-15(14)21-9-13(10-22)19-20-21/h5-7,9,14-15,18,22H,1-4,8,10H2/t14-,15+/m0/s1. The Labute approximate surface area is 134 Å². The van der Waals surface area contributed by atoms with Gasteiger partial charge in [-0.2, -0.15) is 0 Å². The molecule has 0 aromatic carbocycles. The van der Waals surface area contributed by atoms with Crippen LogP contribution in [-0.4, -0.2) is 31.1 Å². The Balaban J connectivity index is 1.65. The van der Waals surface area contributed by atoms with Gasteiger partial charge < -0.3 is 10.4 Å². The fraction of sp³-hybridized carbons (Fsp3) is 0.533. The second-order valence-corrected chi connectivity index (χ2v) is 6.09. The van der Waals surface area contributed by atoms with Gasteiger partial charge in [-0.1, -0.05) is 29.7 Å². The van der Waals surface area contributed by atoms with Crippen molar-refractivity contribution in [2.75, 3.05) is 0 Å². The molecular weight excluding hydrogens is 302 g/mol. The second-order valence-electron chi connectivity index (χ2n) is 5.65. The first-order valence-corrected chi connectivity index (χ1v) is 7.99. The number of rotatable bonds is 5. The van der Waals surface area contributed by atoms with E-state index in [-0.39, 0.29) is 12.6 Å². The lowest BCUT2D eigenvalue weighted by molar-refractivity contribution is 0.242. The van der Waals surface area contributed by atoms with Gasteiger partial charge in [-0.15, -0.1) is 5.10 Å². The predicted molar refractivity (Wildman–Crippen MR) is 83.3 cm³/mol. The number of aromatic nitrogens is 4. The molecule has 118 valence electrons. The Bertz CT molecular complexity index is 600. The van der Waals surface area contributed by atoms with E-state index in [4.69, 9.17) is 16.7 Å². The maximum atomic E-state index is 9.14. The molecule has 0 radical (unpaired) electrons. The summed E-state index contributed by atoms with van der Waals surface area (Å²) in [5.74, 6) is 0. The summed E-state index contributed by atoms with van der Waals surface area (Å²) >= 11 is 5.86. The van der Waals surface area contributed by atoms with Gasteiger partial charge in [0.2, 0.25) is 0 Å². The number of halogens is 1. The van der Waals surface area contributed by atoms with Crippen LogP contribution in [0.4, 0.5) is 0 Å². The van der Waals surface area contributed by atoms with Gasteiger partial charge in [0.1, 0.15) is 5.69 Å². The van der Waals surface area contributed by atoms with Crippen LogP contribution < -0.4 is 5.32 Å². The van der Waals surface area contributed by atoms with Gasteiger partial charge in [-0.3, -0.25) is 4.98 Å². The van der Waals surface area contributed by atoms with E-state index in [2.05, 4.69) is 20.6 Å². The van der Waals surface area contributed by atoms with Crippen LogP contribution >= 0.6 is 11.6 Å². The lowest BCUT2D eigenvalue weighted by Crippen LogP contribution is -2.39. The topological polar surface area (TPSA) is 75.9 Å². The Morgan fingerprint density at radius 3 is 2.86 bits per heavy atom. The lowest BCUT2D eigenvalue weighted by atomic mass is 9.90. The molecule has 0 aliphatic heterocycles. The van der Waals surface area contributed by atoms with Gasteiger partial charge in [0.25, 0.3) is 0 Å². The maximum Gasteiger partial charge on any atom is 0.108 e. The van der Waals surface area contributed by atoms with E-state index in [0.29, 0.717) is 23.3 Å². The van der Waals surface area contributed by atoms with Crippen molar-refractivity contribution >= 4 is 11.6 Å². The zero-order valence-corrected chi connectivity index (χ0v) is 13.1. The van der Waals surface area contributed by atoms with Crippen molar-refractivity contribution in [2.24, 2.45) is 0 Å². The van der Waals surface area contributed by atoms with E-state index in [1.54, 1.807) is 6.20 Å². The molecule has 0 unspecified atom stereocenters. The number of hydrogen-bond acceptors (Lipinski definition) is 5. The molecule has 0 amide bonds. The monoisotopic (exact) mass is 321 g/mol. The lowest BCUT2D eigenvalue weighted by Gasteiger charge is -2.32. The maximum absolute atomic E-state index is 9.14. The van der Waals surface area contributed by atoms with Crippen molar-refractivity contribution < 1.29 is 5.11 Å². The molecular formula is C15H20ClN5O. The van der Waals surface area contributed by atoms with Crippen LogP contribution in [0.25, 0.3) is 0 Å². The van der Waals surface area contributed by atoms with Crippen molar-refractivity contribution in [3.63, 3.8) is 0 Å². The van der Waals surface area contributed by atoms with Crippen LogP contribution in [0.3, 0.4) is 0 Å². The predicted octanol–water partition coefficient (Wildman–Crippen LogP) is 2.09. The fourth-order valence-electron chi connectivity index (χ4n) is 2.96. The minimum Gasteiger partial charge on any atom is -0.390 e. The summed E-state index contributed by atoms with van der Waals surface area (Å²) in [7, 11) is 0. The largest absolute Gasteiger partial charge is 0.390 e. The third-order valence-electron chi connectivity index (χ3n) is 4.12. The molecule has 0 saturated heterocycles. The fourth-order valence-corrected chi connectivity index (χ4v) is 3.07. The average molecular weight is 322 g/mol. The van der Waals surface area contributed by atoms with Crippen molar-refractivity contribution in [1.29, 1.82) is 0 Å². The van der Waals surface area contributed by atoms with Gasteiger partial charge in [0, 0.05) is 18.8 Å². The molecule has 1 aliphatic rings. The summed E-state index contributed by atoms with van der Waals surface area (Å²) in [4.78, 5) is 4.32. The first-order valence-electron chi connectivity index (χ1n) is 7.61. The van der Waals surface area contributed by atoms with E-state index in [1.807, 2.05) is 23.0 Å². The third-order valence-corrected chi connectivity index (χ3v) is 4.35. The summed E-state index contributed by atoms with van der Waals surface area (Å²) in [6, 6.07) is 4.40. The summed E-state index contributed by atoms with van der Waals surface area (Å²) in [6.07, 6.45) is 8.08. The van der Waals surface area contributed by atoms with Crippen LogP contribution in [0.1, 0.15) is 43.1 Å². The molecule has 2 N–H and O–H groups in total. The van der Waals surface area contributed by atoms with Crippen LogP contribution in [0, 0.1) is 0 Å². The molecule has 1 fully saturated rings. The first-order chi connectivity index (χ1) is 10.8. The molecule has 22 heavy (non-hydrogen) atoms. The van der Waals surface area contributed by atoms with Crippen LogP contribution in [0.2, 0.25) is 5.02 Å². The summed E-state index contributed by atoms with van der Waals surface area (Å²) in [6.45, 7) is 0.638. The summed E-state index contributed by atoms with van der Waals surface area (Å²) in [5, 5.41) is 21.5. The van der Waals surface area contributed by atoms with E-state index in [0.717, 1.165) is 18.5 Å². The van der Waals surface area contributed by atoms with Gasteiger partial charge in [0.15, 0.2) is 0 Å². The molecule has 7 heteroatoms. The van der Waals surface area contributed by atoms with Gasteiger partial charge in [0.05, 0.1) is 29.6 Å². The van der Waals surface area contributed by atoms with Crippen molar-refractivity contribution in [2.45, 2.75) is 50.9 Å². The van der Waals surface area contributed by atoms with Gasteiger partial charge >= 0.3 is 0 Å². The van der Waals surface area contributed by atoms with Crippen LogP contribution in [0.15, 0.2) is 24.5 Å². The highest BCUT2D eigenvalue weighted by Crippen LogP contribution is 2.28. The minimum absolute atomic E-state index is 0.0699. The smallest absolute Gasteiger partial charge is 0.108 e. The molecule has 3 rings (SSSR count). The van der Waals surface area contributed by atoms with Crippen molar-refractivity contribution in [1.82, 2.24) is 25.3 Å². The Morgan fingerprint density at radius 1 is 1.27 bits per heavy atom. The molecule has 1 saturated carbocycles. The van der Waals surface area contributed by atoms with E-state index in [9.17, 15) is 0 Å². The SMILES string of the molecule is OCc1cn([C@@H]2CCCC[C@@H]2NCc2ccc(Cl)cn2)nn1. The van der Waals surface area contributed by atoms with Gasteiger partial charge in [-0.25, -0.2) is 4.68 Å². The second kappa shape index (κ2) is 7.17. The average Bonchev–Trinajstić information content (AvgIpc) is 3.03. The molecule has 2 atom stereocenters. The van der Waals surface area contributed by atoms with Crippen LogP contribution in [0.5, 0.6) is 0 Å². The Kier molecular flexibility index (Phi) is 5.02. The Hall–Kier alpha value is -1.50. The molecule has 2 aromatic heterocycles. The third kappa shape index (κ3) is 3.63. The van der Waals surface area contributed by atoms with Crippen LogP contribution in [-0.2, 0) is 13.2 Å². The molecule has 2 aromatic rings. The molecule has 1 aliphatic carbocycles. The minimum atomic E-state index is -0.0699. The number of nitrogens with one attached hydrogen (secondary N) is 1. The Morgan fingerprint density at radius 2 is 2.14 bits per heavy atom. The number of aliphatic hydroxyl groups is 1. The van der Waals surface area contributed by atoms with E-state index < -0.39 is 0 Å². The molecule has 0 bridgehead atoms. The summed E-state index contributed by atoms with van der Waals surface area (Å²) in [5.41, 5.74) is 1.59. The highest BCUT2D eigenvalue weighted by molar-refractivity contribution is 6.30. The molecule has 2 heterocycles. The number of aliphatic hydroxyl groups excluding tert-OH is 1. The highest BCUT2D eigenvalue weighted by Gasteiger charge is 2.27. The number of hydrogen-bond donors (Lipinski definition) is 2. The normalized spacial score (nSPS) is 21.9. The molecule has 0 spiro atoms. The van der Waals surface area contributed by atoms with Crippen molar-refractivity contribution in [3.05, 3.63) is 40.9 Å². The molecule has 6 nitrogen and oxygen atoms in total. The number of pyridine rings is 1.